The first kappa shape index (κ1) is 25.7. The lowest BCUT2D eigenvalue weighted by Crippen LogP contribution is -2.49. The number of piperidine rings is 1. The van der Waals surface area contributed by atoms with Gasteiger partial charge in [0.1, 0.15) is 11.6 Å². The summed E-state index contributed by atoms with van der Waals surface area (Å²) in [6.45, 7) is 9.82. The second-order valence-electron chi connectivity index (χ2n) is 10.6. The topological polar surface area (TPSA) is 96.0 Å². The largest absolute Gasteiger partial charge is 0.497 e. The average molecular weight is 540 g/mol. The Kier molecular flexibility index (Phi) is 6.57. The average Bonchev–Trinajstić information content (AvgIpc) is 3.26. The molecule has 206 valence electrons. The molecule has 9 nitrogen and oxygen atoms in total. The number of anilines is 3. The van der Waals surface area contributed by atoms with E-state index in [-0.39, 0.29) is 17.9 Å². The molecule has 0 atom stereocenters. The zero-order valence-corrected chi connectivity index (χ0v) is 23.0. The summed E-state index contributed by atoms with van der Waals surface area (Å²) in [5.41, 5.74) is 5.71. The molecule has 2 N–H and O–H groups in total. The van der Waals surface area contributed by atoms with Crippen molar-refractivity contribution >= 4 is 29.0 Å². The monoisotopic (exact) mass is 539 g/mol. The molecule has 4 heterocycles. The first-order chi connectivity index (χ1) is 19.3. The Bertz CT molecular complexity index is 1530. The SMILES string of the molecule is C=C1Nc2c(C)cc(C(=O)c3cc(N4CCC(N5CCc6cc(OC)ccc6NC5=O)CC4)ncc3C)cc2O1. The lowest BCUT2D eigenvalue weighted by Gasteiger charge is -2.38. The molecule has 40 heavy (non-hydrogen) atoms. The number of urea groups is 1. The minimum atomic E-state index is -0.0690. The Morgan fingerprint density at radius 3 is 2.65 bits per heavy atom. The number of ketones is 1. The van der Waals surface area contributed by atoms with Crippen molar-refractivity contribution in [3.05, 3.63) is 82.9 Å². The van der Waals surface area contributed by atoms with Crippen molar-refractivity contribution in [2.75, 3.05) is 42.3 Å². The number of nitrogens with zero attached hydrogens (tertiary/aromatic N) is 3. The third-order valence-electron chi connectivity index (χ3n) is 8.06. The molecule has 2 amide bonds. The number of rotatable bonds is 5. The van der Waals surface area contributed by atoms with Gasteiger partial charge in [0.05, 0.1) is 12.8 Å². The molecule has 3 aliphatic rings. The van der Waals surface area contributed by atoms with Crippen molar-refractivity contribution in [2.45, 2.75) is 39.2 Å². The Morgan fingerprint density at radius 1 is 1.07 bits per heavy atom. The van der Waals surface area contributed by atoms with E-state index in [4.69, 9.17) is 9.47 Å². The van der Waals surface area contributed by atoms with Crippen LogP contribution >= 0.6 is 0 Å². The van der Waals surface area contributed by atoms with E-state index in [9.17, 15) is 9.59 Å². The van der Waals surface area contributed by atoms with Gasteiger partial charge < -0.3 is 29.9 Å². The lowest BCUT2D eigenvalue weighted by molar-refractivity contribution is 0.103. The fourth-order valence-corrected chi connectivity index (χ4v) is 5.82. The molecule has 0 saturated carbocycles. The predicted molar refractivity (Wildman–Crippen MR) is 155 cm³/mol. The summed E-state index contributed by atoms with van der Waals surface area (Å²) in [6, 6.07) is 11.4. The van der Waals surface area contributed by atoms with Crippen LogP contribution in [0.5, 0.6) is 11.5 Å². The molecule has 2 aromatic carbocycles. The molecular weight excluding hydrogens is 506 g/mol. The predicted octanol–water partition coefficient (Wildman–Crippen LogP) is 5.27. The van der Waals surface area contributed by atoms with Gasteiger partial charge in [0.15, 0.2) is 17.4 Å². The minimum Gasteiger partial charge on any atom is -0.497 e. The summed E-state index contributed by atoms with van der Waals surface area (Å²) in [7, 11) is 1.65. The van der Waals surface area contributed by atoms with Gasteiger partial charge in [0.25, 0.3) is 0 Å². The van der Waals surface area contributed by atoms with Crippen LogP contribution in [0, 0.1) is 13.8 Å². The summed E-state index contributed by atoms with van der Waals surface area (Å²) in [5.74, 6) is 2.57. The van der Waals surface area contributed by atoms with Crippen LogP contribution in [0.4, 0.5) is 22.0 Å². The molecule has 0 unspecified atom stereocenters. The number of ether oxygens (including phenoxy) is 2. The first-order valence-electron chi connectivity index (χ1n) is 13.6. The maximum Gasteiger partial charge on any atom is 0.322 e. The molecule has 1 saturated heterocycles. The van der Waals surface area contributed by atoms with E-state index in [1.165, 1.54) is 0 Å². The van der Waals surface area contributed by atoms with Crippen LogP contribution < -0.4 is 25.0 Å². The Balaban J connectivity index is 1.15. The number of hydrogen-bond acceptors (Lipinski definition) is 7. The molecule has 0 aliphatic carbocycles. The van der Waals surface area contributed by atoms with Gasteiger partial charge in [0, 0.05) is 48.7 Å². The van der Waals surface area contributed by atoms with Crippen LogP contribution in [-0.4, -0.2) is 54.5 Å². The van der Waals surface area contributed by atoms with Crippen LogP contribution in [-0.2, 0) is 6.42 Å². The summed E-state index contributed by atoms with van der Waals surface area (Å²) in [4.78, 5) is 35.5. The Morgan fingerprint density at radius 2 is 1.88 bits per heavy atom. The molecule has 6 rings (SSSR count). The second kappa shape index (κ2) is 10.2. The number of fused-ring (bicyclic) bond motifs is 2. The number of hydrogen-bond donors (Lipinski definition) is 2. The quantitative estimate of drug-likeness (QED) is 0.426. The third-order valence-corrected chi connectivity index (χ3v) is 8.06. The van der Waals surface area contributed by atoms with Crippen molar-refractivity contribution < 1.29 is 19.1 Å². The zero-order chi connectivity index (χ0) is 28.0. The van der Waals surface area contributed by atoms with E-state index >= 15 is 0 Å². The van der Waals surface area contributed by atoms with Crippen LogP contribution in [0.25, 0.3) is 0 Å². The number of pyridine rings is 1. The first-order valence-corrected chi connectivity index (χ1v) is 13.6. The van der Waals surface area contributed by atoms with Gasteiger partial charge in [-0.15, -0.1) is 0 Å². The van der Waals surface area contributed by atoms with Crippen molar-refractivity contribution in [3.8, 4) is 11.5 Å². The highest BCUT2D eigenvalue weighted by Gasteiger charge is 2.31. The van der Waals surface area contributed by atoms with E-state index in [0.29, 0.717) is 29.3 Å². The van der Waals surface area contributed by atoms with Gasteiger partial charge in [-0.1, -0.05) is 0 Å². The van der Waals surface area contributed by atoms with Crippen molar-refractivity contribution in [2.24, 2.45) is 0 Å². The number of amides is 2. The molecule has 0 bridgehead atoms. The van der Waals surface area contributed by atoms with E-state index in [1.807, 2.05) is 49.1 Å². The normalized spacial score (nSPS) is 16.9. The number of methoxy groups -OCH3 is 1. The van der Waals surface area contributed by atoms with E-state index in [0.717, 1.165) is 72.0 Å². The molecule has 9 heteroatoms. The Hall–Kier alpha value is -4.53. The maximum absolute atomic E-state index is 13.6. The highest BCUT2D eigenvalue weighted by Crippen LogP contribution is 2.38. The number of aromatic nitrogens is 1. The van der Waals surface area contributed by atoms with Crippen LogP contribution in [0.3, 0.4) is 0 Å². The number of nitrogens with one attached hydrogen (secondary N) is 2. The number of benzene rings is 2. The van der Waals surface area contributed by atoms with Gasteiger partial charge in [-0.2, -0.15) is 0 Å². The molecule has 1 aromatic heterocycles. The number of carbonyl (C=O) groups excluding carboxylic acids is 2. The zero-order valence-electron chi connectivity index (χ0n) is 23.0. The van der Waals surface area contributed by atoms with Crippen LogP contribution in [0.2, 0.25) is 0 Å². The highest BCUT2D eigenvalue weighted by atomic mass is 16.5. The standard InChI is InChI=1S/C31H33N5O4/c1-18-13-22(15-27-29(18)33-20(3)40-27)30(37)25-16-28(32-17-19(25)2)35-10-8-23(9-11-35)36-12-7-21-14-24(39-4)5-6-26(21)34-31(36)38/h5-6,13-17,23,33H,3,7-12H2,1-2,4H3,(H,34,38). The molecule has 0 spiro atoms. The van der Waals surface area contributed by atoms with Crippen molar-refractivity contribution in [1.82, 2.24) is 9.88 Å². The Labute approximate surface area is 233 Å². The molecular formula is C31H33N5O4. The summed E-state index contributed by atoms with van der Waals surface area (Å²) in [6.07, 6.45) is 4.19. The third kappa shape index (κ3) is 4.72. The van der Waals surface area contributed by atoms with E-state index < -0.39 is 0 Å². The van der Waals surface area contributed by atoms with Gasteiger partial charge in [-0.05, 0) is 92.8 Å². The molecule has 1 fully saturated rings. The summed E-state index contributed by atoms with van der Waals surface area (Å²) >= 11 is 0. The van der Waals surface area contributed by atoms with Crippen LogP contribution in [0.15, 0.2) is 55.1 Å². The lowest BCUT2D eigenvalue weighted by atomic mass is 9.97. The summed E-state index contributed by atoms with van der Waals surface area (Å²) < 4.78 is 11.0. The van der Waals surface area contributed by atoms with Crippen LogP contribution in [0.1, 0.15) is 45.5 Å². The second-order valence-corrected chi connectivity index (χ2v) is 10.6. The smallest absolute Gasteiger partial charge is 0.322 e. The van der Waals surface area contributed by atoms with Gasteiger partial charge >= 0.3 is 6.03 Å². The van der Waals surface area contributed by atoms with Crippen molar-refractivity contribution in [1.29, 1.82) is 0 Å². The van der Waals surface area contributed by atoms with Crippen molar-refractivity contribution in [3.63, 3.8) is 0 Å². The van der Waals surface area contributed by atoms with Gasteiger partial charge in [0.2, 0.25) is 0 Å². The number of aryl methyl sites for hydroxylation is 2. The molecule has 3 aliphatic heterocycles. The fraction of sp³-hybridized carbons (Fsp3) is 0.323. The minimum absolute atomic E-state index is 0.0592. The van der Waals surface area contributed by atoms with E-state index in [2.05, 4.69) is 27.1 Å². The molecule has 3 aromatic rings. The van der Waals surface area contributed by atoms with Gasteiger partial charge in [-0.25, -0.2) is 9.78 Å². The highest BCUT2D eigenvalue weighted by molar-refractivity contribution is 6.11. The summed E-state index contributed by atoms with van der Waals surface area (Å²) in [5, 5.41) is 6.18. The maximum atomic E-state index is 13.6. The van der Waals surface area contributed by atoms with Gasteiger partial charge in [-0.3, -0.25) is 4.79 Å². The molecule has 0 radical (unpaired) electrons. The number of carbonyl (C=O) groups is 2. The van der Waals surface area contributed by atoms with E-state index in [1.54, 1.807) is 19.4 Å². The fourth-order valence-electron chi connectivity index (χ4n) is 5.82.